The van der Waals surface area contributed by atoms with Gasteiger partial charge in [-0.1, -0.05) is 0 Å². The number of ketones is 2. The van der Waals surface area contributed by atoms with Gasteiger partial charge in [-0.15, -0.1) is 0 Å². The van der Waals surface area contributed by atoms with Crippen LogP contribution in [-0.4, -0.2) is 66.7 Å². The maximum absolute atomic E-state index is 13.3. The molecule has 3 heterocycles. The molecule has 2 aliphatic carbocycles. The van der Waals surface area contributed by atoms with Crippen LogP contribution in [0.15, 0.2) is 22.6 Å². The molecule has 9 heteroatoms. The van der Waals surface area contributed by atoms with Gasteiger partial charge in [0.25, 0.3) is 0 Å². The van der Waals surface area contributed by atoms with E-state index in [-0.39, 0.29) is 42.1 Å². The van der Waals surface area contributed by atoms with E-state index < -0.39 is 17.7 Å². The lowest BCUT2D eigenvalue weighted by Gasteiger charge is -2.39. The molecule has 1 saturated carbocycles. The molecule has 3 aliphatic heterocycles. The minimum atomic E-state index is -0.953. The highest BCUT2D eigenvalue weighted by atomic mass is 16.6. The maximum Gasteiger partial charge on any atom is 0.404 e. The minimum absolute atomic E-state index is 0.0127. The van der Waals surface area contributed by atoms with Crippen molar-refractivity contribution in [2.45, 2.75) is 43.7 Å². The third-order valence-electron chi connectivity index (χ3n) is 6.18. The van der Waals surface area contributed by atoms with E-state index in [0.29, 0.717) is 23.4 Å². The zero-order valence-corrected chi connectivity index (χ0v) is 15.1. The number of methoxy groups -OCH3 is 1. The summed E-state index contributed by atoms with van der Waals surface area (Å²) < 4.78 is 16.7. The first kappa shape index (κ1) is 16.8. The van der Waals surface area contributed by atoms with Crippen LogP contribution < -0.4 is 11.1 Å². The highest BCUT2D eigenvalue weighted by Crippen LogP contribution is 2.56. The SMILES string of the molecule is COC12C(COC(N)=O)C3=C(C(=O)C(C)=C(OC4CC4)C3=O)N1CC1NC12. The van der Waals surface area contributed by atoms with Crippen LogP contribution >= 0.6 is 0 Å². The van der Waals surface area contributed by atoms with E-state index in [0.717, 1.165) is 12.8 Å². The number of amides is 1. The van der Waals surface area contributed by atoms with Crippen molar-refractivity contribution in [3.8, 4) is 0 Å². The Balaban J connectivity index is 1.59. The van der Waals surface area contributed by atoms with E-state index in [2.05, 4.69) is 5.32 Å². The average molecular weight is 375 g/mol. The van der Waals surface area contributed by atoms with Crippen LogP contribution in [0.5, 0.6) is 0 Å². The number of nitrogens with two attached hydrogens (primary N) is 1. The molecule has 144 valence electrons. The Morgan fingerprint density at radius 1 is 1.33 bits per heavy atom. The highest BCUT2D eigenvalue weighted by molar-refractivity contribution is 6.25. The number of nitrogens with zero attached hydrogens (tertiary/aromatic N) is 1. The molecule has 27 heavy (non-hydrogen) atoms. The van der Waals surface area contributed by atoms with Crippen molar-refractivity contribution in [2.24, 2.45) is 11.7 Å². The van der Waals surface area contributed by atoms with Crippen molar-refractivity contribution >= 4 is 17.7 Å². The number of rotatable bonds is 5. The molecule has 4 atom stereocenters. The first-order valence-corrected chi connectivity index (χ1v) is 9.12. The predicted octanol–water partition coefficient (Wildman–Crippen LogP) is -0.431. The summed E-state index contributed by atoms with van der Waals surface area (Å²) in [5, 5.41) is 3.32. The Labute approximate surface area is 155 Å². The number of hydrogen-bond acceptors (Lipinski definition) is 8. The fraction of sp³-hybridized carbons (Fsp3) is 0.611. The van der Waals surface area contributed by atoms with Gasteiger partial charge < -0.3 is 30.2 Å². The monoisotopic (exact) mass is 375 g/mol. The summed E-state index contributed by atoms with van der Waals surface area (Å²) in [4.78, 5) is 39.6. The fourth-order valence-electron chi connectivity index (χ4n) is 4.76. The lowest BCUT2D eigenvalue weighted by molar-refractivity contribution is -0.137. The standard InChI is InChI=1S/C18H21N3O6/c1-7-13(22)12-11(14(23)15(7)27-8-3-4-8)9(6-26-17(19)24)18(25-2)16-10(20-16)5-21(12)18/h8-10,16,20H,3-6H2,1-2H3,(H2,19,24). The molecular formula is C18H21N3O6. The molecule has 3 fully saturated rings. The second-order valence-electron chi connectivity index (χ2n) is 7.69. The zero-order valence-electron chi connectivity index (χ0n) is 15.1. The molecular weight excluding hydrogens is 354 g/mol. The largest absolute Gasteiger partial charge is 0.486 e. The van der Waals surface area contributed by atoms with Gasteiger partial charge in [0.2, 0.25) is 11.6 Å². The number of primary amides is 1. The Morgan fingerprint density at radius 3 is 2.70 bits per heavy atom. The number of nitrogens with one attached hydrogen (secondary N) is 1. The molecule has 9 nitrogen and oxygen atoms in total. The van der Waals surface area contributed by atoms with Crippen molar-refractivity contribution in [2.75, 3.05) is 20.3 Å². The zero-order chi connectivity index (χ0) is 19.1. The van der Waals surface area contributed by atoms with Gasteiger partial charge in [-0.25, -0.2) is 4.79 Å². The van der Waals surface area contributed by atoms with E-state index in [1.165, 1.54) is 0 Å². The summed E-state index contributed by atoms with van der Waals surface area (Å²) in [5.74, 6) is -1.07. The third-order valence-corrected chi connectivity index (χ3v) is 6.18. The predicted molar refractivity (Wildman–Crippen MR) is 90.0 cm³/mol. The maximum atomic E-state index is 13.3. The van der Waals surface area contributed by atoms with Crippen molar-refractivity contribution in [3.63, 3.8) is 0 Å². The van der Waals surface area contributed by atoms with Crippen molar-refractivity contribution in [1.82, 2.24) is 10.2 Å². The van der Waals surface area contributed by atoms with Crippen LogP contribution in [0.1, 0.15) is 19.8 Å². The van der Waals surface area contributed by atoms with E-state index in [1.807, 2.05) is 4.90 Å². The number of carbonyl (C=O) groups is 3. The van der Waals surface area contributed by atoms with Gasteiger partial charge in [0, 0.05) is 30.8 Å². The Morgan fingerprint density at radius 2 is 2.07 bits per heavy atom. The van der Waals surface area contributed by atoms with E-state index in [4.69, 9.17) is 19.9 Å². The summed E-state index contributed by atoms with van der Waals surface area (Å²) in [6.07, 6.45) is 0.803. The number of Topliss-reactive ketones (excluding diaryl/α,β-unsaturated/α-hetero) is 2. The fourth-order valence-corrected chi connectivity index (χ4v) is 4.76. The average Bonchev–Trinajstić information content (AvgIpc) is 3.54. The molecule has 0 spiro atoms. The van der Waals surface area contributed by atoms with Crippen molar-refractivity contribution < 1.29 is 28.6 Å². The van der Waals surface area contributed by atoms with Gasteiger partial charge in [0.05, 0.1) is 23.8 Å². The van der Waals surface area contributed by atoms with Gasteiger partial charge in [-0.05, 0) is 19.8 Å². The van der Waals surface area contributed by atoms with Crippen LogP contribution in [0.25, 0.3) is 0 Å². The smallest absolute Gasteiger partial charge is 0.404 e. The molecule has 0 aromatic carbocycles. The molecule has 0 aromatic rings. The summed E-state index contributed by atoms with van der Waals surface area (Å²) in [6, 6.07) is 0.120. The number of piperazine rings is 1. The molecule has 0 bridgehead atoms. The highest BCUT2D eigenvalue weighted by Gasteiger charge is 2.72. The Bertz CT molecular complexity index is 844. The summed E-state index contributed by atoms with van der Waals surface area (Å²) in [7, 11) is 1.54. The normalized spacial score (nSPS) is 36.7. The second-order valence-corrected chi connectivity index (χ2v) is 7.69. The van der Waals surface area contributed by atoms with Crippen molar-refractivity contribution in [3.05, 3.63) is 22.6 Å². The van der Waals surface area contributed by atoms with Gasteiger partial charge in [-0.3, -0.25) is 9.59 Å². The summed E-state index contributed by atoms with van der Waals surface area (Å²) >= 11 is 0. The Kier molecular flexibility index (Phi) is 3.31. The molecule has 1 amide bonds. The molecule has 0 aromatic heterocycles. The van der Waals surface area contributed by atoms with Gasteiger partial charge in [0.1, 0.15) is 6.61 Å². The number of fused-ring (bicyclic) bond motifs is 4. The lowest BCUT2D eigenvalue weighted by atomic mass is 9.83. The molecule has 3 N–H and O–H groups in total. The molecule has 4 unspecified atom stereocenters. The van der Waals surface area contributed by atoms with Crippen LogP contribution in [0, 0.1) is 5.92 Å². The number of ether oxygens (including phenoxy) is 3. The molecule has 5 aliphatic rings. The van der Waals surface area contributed by atoms with E-state index in [9.17, 15) is 14.4 Å². The van der Waals surface area contributed by atoms with E-state index >= 15 is 0 Å². The lowest BCUT2D eigenvalue weighted by Crippen LogP contribution is -2.55. The molecule has 5 rings (SSSR count). The third kappa shape index (κ3) is 2.09. The first-order chi connectivity index (χ1) is 12.9. The van der Waals surface area contributed by atoms with Crippen LogP contribution in [-0.2, 0) is 23.8 Å². The van der Waals surface area contributed by atoms with Gasteiger partial charge in [0.15, 0.2) is 11.5 Å². The van der Waals surface area contributed by atoms with Crippen LogP contribution in [0.4, 0.5) is 4.79 Å². The molecule has 0 radical (unpaired) electrons. The van der Waals surface area contributed by atoms with Crippen molar-refractivity contribution in [1.29, 1.82) is 0 Å². The van der Waals surface area contributed by atoms with Gasteiger partial charge >= 0.3 is 6.09 Å². The second kappa shape index (κ2) is 5.32. The minimum Gasteiger partial charge on any atom is -0.486 e. The quantitative estimate of drug-likeness (QED) is 0.489. The Hall–Kier alpha value is -2.39. The summed E-state index contributed by atoms with van der Waals surface area (Å²) in [6.45, 7) is 2.03. The summed E-state index contributed by atoms with van der Waals surface area (Å²) in [5.41, 5.74) is 5.17. The molecule has 2 saturated heterocycles. The number of hydrogen-bond donors (Lipinski definition) is 2. The first-order valence-electron chi connectivity index (χ1n) is 9.12. The number of carbonyl (C=O) groups excluding carboxylic acids is 3. The number of allylic oxidation sites excluding steroid dienone is 2. The van der Waals surface area contributed by atoms with Crippen LogP contribution in [0.2, 0.25) is 0 Å². The van der Waals surface area contributed by atoms with E-state index in [1.54, 1.807) is 14.0 Å². The topological polar surface area (TPSA) is 130 Å². The van der Waals surface area contributed by atoms with Gasteiger partial charge in [-0.2, -0.15) is 0 Å². The van der Waals surface area contributed by atoms with Crippen LogP contribution in [0.3, 0.4) is 0 Å².